The summed E-state index contributed by atoms with van der Waals surface area (Å²) >= 11 is 0. The van der Waals surface area contributed by atoms with Gasteiger partial charge >= 0.3 is 0 Å². The molecular weight excluding hydrogens is 256 g/mol. The number of ketones is 1. The zero-order chi connectivity index (χ0) is 14.9. The van der Waals surface area contributed by atoms with Crippen LogP contribution in [0.1, 0.15) is 49.7 Å². The van der Waals surface area contributed by atoms with Crippen LogP contribution in [-0.2, 0) is 11.2 Å². The van der Waals surface area contributed by atoms with Gasteiger partial charge in [-0.25, -0.2) is 0 Å². The van der Waals surface area contributed by atoms with Crippen LogP contribution in [0.3, 0.4) is 0 Å². The van der Waals surface area contributed by atoms with Crippen molar-refractivity contribution in [2.45, 2.75) is 44.9 Å². The first-order valence-electron chi connectivity index (χ1n) is 7.93. The van der Waals surface area contributed by atoms with E-state index in [0.29, 0.717) is 12.2 Å². The maximum Gasteiger partial charge on any atom is 0.144 e. The van der Waals surface area contributed by atoms with Crippen molar-refractivity contribution in [3.05, 3.63) is 71.8 Å². The Morgan fingerprint density at radius 1 is 0.905 bits per heavy atom. The largest absolute Gasteiger partial charge is 0.299 e. The monoisotopic (exact) mass is 280 g/mol. The van der Waals surface area contributed by atoms with E-state index in [1.807, 2.05) is 48.5 Å². The molecule has 0 fully saturated rings. The van der Waals surface area contributed by atoms with E-state index in [1.54, 1.807) is 0 Å². The van der Waals surface area contributed by atoms with Crippen LogP contribution in [-0.4, -0.2) is 5.78 Å². The number of benzene rings is 2. The van der Waals surface area contributed by atoms with Crippen LogP contribution in [0.15, 0.2) is 60.7 Å². The molecule has 0 spiro atoms. The van der Waals surface area contributed by atoms with E-state index in [2.05, 4.69) is 19.1 Å². The van der Waals surface area contributed by atoms with Crippen LogP contribution in [0.5, 0.6) is 0 Å². The Morgan fingerprint density at radius 3 is 2.14 bits per heavy atom. The Labute approximate surface area is 128 Å². The van der Waals surface area contributed by atoms with E-state index >= 15 is 0 Å². The highest BCUT2D eigenvalue weighted by molar-refractivity contribution is 5.87. The summed E-state index contributed by atoms with van der Waals surface area (Å²) in [7, 11) is 0. The fraction of sp³-hybridized carbons (Fsp3) is 0.350. The molecular formula is C20H24O. The summed E-state index contributed by atoms with van der Waals surface area (Å²) in [4.78, 5) is 12.7. The van der Waals surface area contributed by atoms with Gasteiger partial charge in [-0.15, -0.1) is 0 Å². The zero-order valence-corrected chi connectivity index (χ0v) is 12.8. The van der Waals surface area contributed by atoms with Crippen molar-refractivity contribution in [2.75, 3.05) is 0 Å². The quantitative estimate of drug-likeness (QED) is 0.610. The van der Waals surface area contributed by atoms with Gasteiger partial charge in [0.2, 0.25) is 0 Å². The highest BCUT2D eigenvalue weighted by Gasteiger charge is 2.19. The summed E-state index contributed by atoms with van der Waals surface area (Å²) < 4.78 is 0. The van der Waals surface area contributed by atoms with Gasteiger partial charge in [-0.1, -0.05) is 86.8 Å². The van der Waals surface area contributed by atoms with Crippen molar-refractivity contribution in [1.29, 1.82) is 0 Å². The molecule has 1 unspecified atom stereocenters. The van der Waals surface area contributed by atoms with Crippen LogP contribution >= 0.6 is 0 Å². The Hall–Kier alpha value is -1.89. The van der Waals surface area contributed by atoms with Crippen molar-refractivity contribution in [3.63, 3.8) is 0 Å². The highest BCUT2D eigenvalue weighted by atomic mass is 16.1. The van der Waals surface area contributed by atoms with E-state index in [1.165, 1.54) is 12.8 Å². The number of hydrogen-bond acceptors (Lipinski definition) is 1. The van der Waals surface area contributed by atoms with Gasteiger partial charge < -0.3 is 0 Å². The predicted octanol–water partition coefficient (Wildman–Crippen LogP) is 5.16. The van der Waals surface area contributed by atoms with Crippen molar-refractivity contribution in [2.24, 2.45) is 0 Å². The SMILES string of the molecule is CCCCCC(C(=O)Cc1ccccc1)c1ccccc1. The molecule has 0 radical (unpaired) electrons. The molecule has 0 saturated carbocycles. The van der Waals surface area contributed by atoms with E-state index in [-0.39, 0.29) is 5.92 Å². The van der Waals surface area contributed by atoms with Crippen LogP contribution in [0, 0.1) is 0 Å². The second-order valence-electron chi connectivity index (χ2n) is 5.59. The molecule has 1 nitrogen and oxygen atoms in total. The molecule has 2 aromatic carbocycles. The number of unbranched alkanes of at least 4 members (excludes halogenated alkanes) is 2. The molecule has 0 aliphatic rings. The van der Waals surface area contributed by atoms with E-state index in [0.717, 1.165) is 24.0 Å². The zero-order valence-electron chi connectivity index (χ0n) is 12.8. The molecule has 0 heterocycles. The first-order chi connectivity index (χ1) is 10.3. The number of carbonyl (C=O) groups is 1. The van der Waals surface area contributed by atoms with Crippen molar-refractivity contribution in [3.8, 4) is 0 Å². The normalized spacial score (nSPS) is 12.0. The van der Waals surface area contributed by atoms with Gasteiger partial charge in [0.1, 0.15) is 5.78 Å². The average Bonchev–Trinajstić information content (AvgIpc) is 2.53. The summed E-state index contributed by atoms with van der Waals surface area (Å²) in [6.07, 6.45) is 5.00. The molecule has 1 heteroatoms. The average molecular weight is 280 g/mol. The van der Waals surface area contributed by atoms with E-state index < -0.39 is 0 Å². The van der Waals surface area contributed by atoms with Gasteiger partial charge in [-0.05, 0) is 17.5 Å². The lowest BCUT2D eigenvalue weighted by atomic mass is 9.87. The van der Waals surface area contributed by atoms with Gasteiger partial charge in [0, 0.05) is 12.3 Å². The molecule has 0 amide bonds. The van der Waals surface area contributed by atoms with Gasteiger partial charge in [0.15, 0.2) is 0 Å². The van der Waals surface area contributed by atoms with Crippen LogP contribution in [0.2, 0.25) is 0 Å². The molecule has 2 aromatic rings. The molecule has 0 N–H and O–H groups in total. The Bertz CT molecular complexity index is 530. The third-order valence-electron chi connectivity index (χ3n) is 3.91. The molecule has 110 valence electrons. The third kappa shape index (κ3) is 4.86. The predicted molar refractivity (Wildman–Crippen MR) is 88.5 cm³/mol. The first-order valence-corrected chi connectivity index (χ1v) is 7.93. The molecule has 21 heavy (non-hydrogen) atoms. The van der Waals surface area contributed by atoms with Crippen LogP contribution < -0.4 is 0 Å². The summed E-state index contributed by atoms with van der Waals surface area (Å²) in [6, 6.07) is 20.3. The molecule has 0 aliphatic carbocycles. The summed E-state index contributed by atoms with van der Waals surface area (Å²) in [5.74, 6) is 0.376. The Morgan fingerprint density at radius 2 is 1.52 bits per heavy atom. The third-order valence-corrected chi connectivity index (χ3v) is 3.91. The van der Waals surface area contributed by atoms with Gasteiger partial charge in [-0.3, -0.25) is 4.79 Å². The lowest BCUT2D eigenvalue weighted by molar-refractivity contribution is -0.120. The summed E-state index contributed by atoms with van der Waals surface area (Å²) in [5.41, 5.74) is 2.27. The van der Waals surface area contributed by atoms with Crippen LogP contribution in [0.25, 0.3) is 0 Å². The van der Waals surface area contributed by atoms with Crippen LogP contribution in [0.4, 0.5) is 0 Å². The minimum atomic E-state index is 0.0398. The molecule has 0 aromatic heterocycles. The van der Waals surface area contributed by atoms with Gasteiger partial charge in [0.05, 0.1) is 0 Å². The molecule has 2 rings (SSSR count). The number of carbonyl (C=O) groups excluding carboxylic acids is 1. The standard InChI is InChI=1S/C20H24O/c1-2-3-6-15-19(18-13-9-5-10-14-18)20(21)16-17-11-7-4-8-12-17/h4-5,7-14,19H,2-3,6,15-16H2,1H3. The van der Waals surface area contributed by atoms with Gasteiger partial charge in [0.25, 0.3) is 0 Å². The Kier molecular flexibility index (Phi) is 6.21. The lowest BCUT2D eigenvalue weighted by Gasteiger charge is -2.16. The maximum atomic E-state index is 12.7. The molecule has 1 atom stereocenters. The van der Waals surface area contributed by atoms with Gasteiger partial charge in [-0.2, -0.15) is 0 Å². The smallest absolute Gasteiger partial charge is 0.144 e. The summed E-state index contributed by atoms with van der Waals surface area (Å²) in [6.45, 7) is 2.20. The number of hydrogen-bond donors (Lipinski definition) is 0. The molecule has 0 saturated heterocycles. The second-order valence-corrected chi connectivity index (χ2v) is 5.59. The summed E-state index contributed by atoms with van der Waals surface area (Å²) in [5, 5.41) is 0. The fourth-order valence-electron chi connectivity index (χ4n) is 2.72. The topological polar surface area (TPSA) is 17.1 Å². The number of rotatable bonds is 8. The molecule has 0 bridgehead atoms. The second kappa shape index (κ2) is 8.41. The molecule has 0 aliphatic heterocycles. The highest BCUT2D eigenvalue weighted by Crippen LogP contribution is 2.25. The fourth-order valence-corrected chi connectivity index (χ4v) is 2.72. The minimum Gasteiger partial charge on any atom is -0.299 e. The first kappa shape index (κ1) is 15.5. The van der Waals surface area contributed by atoms with Crippen molar-refractivity contribution < 1.29 is 4.79 Å². The number of Topliss-reactive ketones (excluding diaryl/α,β-unsaturated/α-hetero) is 1. The Balaban J connectivity index is 2.09. The minimum absolute atomic E-state index is 0.0398. The van der Waals surface area contributed by atoms with Crippen molar-refractivity contribution >= 4 is 5.78 Å². The van der Waals surface area contributed by atoms with E-state index in [9.17, 15) is 4.79 Å². The lowest BCUT2D eigenvalue weighted by Crippen LogP contribution is -2.15. The van der Waals surface area contributed by atoms with Crippen molar-refractivity contribution in [1.82, 2.24) is 0 Å². The van der Waals surface area contributed by atoms with E-state index in [4.69, 9.17) is 0 Å². The maximum absolute atomic E-state index is 12.7.